The molecule has 12 aromatic rings. The van der Waals surface area contributed by atoms with E-state index in [0.717, 1.165) is 71.9 Å². The van der Waals surface area contributed by atoms with Gasteiger partial charge in [-0.05, 0) is 59.7 Å². The molecule has 0 spiro atoms. The van der Waals surface area contributed by atoms with Crippen molar-refractivity contribution in [1.29, 1.82) is 0 Å². The zero-order valence-electron chi connectivity index (χ0n) is 30.4. The molecule has 0 radical (unpaired) electrons. The number of hydrogen-bond donors (Lipinski definition) is 0. The molecule has 12 rings (SSSR count). The standard InChI is InChI=1S/C51H30N4OS/c1-2-13-31(14-3-1)49-52-50(54-51(53-49)42-23-12-22-41-38-21-6-9-26-45(38)57-48(41)42)34-17-10-15-32(29-34)33-16-11-18-35(30-33)55-43-24-7-4-19-36(43)39-27-28-40-37-20-5-8-25-44(37)56-47(40)46(39)55/h1-30H. The first-order chi connectivity index (χ1) is 28.2. The first kappa shape index (κ1) is 31.9. The molecule has 0 aliphatic heterocycles. The minimum atomic E-state index is 0.629. The highest BCUT2D eigenvalue weighted by molar-refractivity contribution is 7.26. The number of hydrogen-bond acceptors (Lipinski definition) is 5. The zero-order valence-corrected chi connectivity index (χ0v) is 31.2. The third-order valence-corrected chi connectivity index (χ3v) is 12.3. The van der Waals surface area contributed by atoms with E-state index < -0.39 is 0 Å². The van der Waals surface area contributed by atoms with E-state index in [0.29, 0.717) is 17.5 Å². The molecule has 4 heterocycles. The number of rotatable bonds is 5. The summed E-state index contributed by atoms with van der Waals surface area (Å²) in [4.78, 5) is 15.4. The van der Waals surface area contributed by atoms with Crippen molar-refractivity contribution in [3.05, 3.63) is 182 Å². The van der Waals surface area contributed by atoms with Gasteiger partial charge in [0.15, 0.2) is 23.1 Å². The molecule has 57 heavy (non-hydrogen) atoms. The van der Waals surface area contributed by atoms with Crippen molar-refractivity contribution < 1.29 is 4.42 Å². The molecule has 266 valence electrons. The van der Waals surface area contributed by atoms with Crippen molar-refractivity contribution in [3.8, 4) is 51.0 Å². The highest BCUT2D eigenvalue weighted by Gasteiger charge is 2.20. The van der Waals surface area contributed by atoms with Gasteiger partial charge in [-0.3, -0.25) is 0 Å². The third kappa shape index (κ3) is 5.04. The third-order valence-electron chi connectivity index (χ3n) is 11.1. The van der Waals surface area contributed by atoms with Crippen LogP contribution in [0.4, 0.5) is 0 Å². The molecule has 0 fully saturated rings. The Hall–Kier alpha value is -7.41. The van der Waals surface area contributed by atoms with E-state index in [2.05, 4.69) is 156 Å². The summed E-state index contributed by atoms with van der Waals surface area (Å²) >= 11 is 1.78. The van der Waals surface area contributed by atoms with Crippen LogP contribution in [0.3, 0.4) is 0 Å². The summed E-state index contributed by atoms with van der Waals surface area (Å²) in [5.41, 5.74) is 10.1. The normalized spacial score (nSPS) is 11.9. The van der Waals surface area contributed by atoms with Crippen LogP contribution in [0.5, 0.6) is 0 Å². The predicted octanol–water partition coefficient (Wildman–Crippen LogP) is 13.9. The van der Waals surface area contributed by atoms with Gasteiger partial charge in [0.25, 0.3) is 0 Å². The summed E-state index contributed by atoms with van der Waals surface area (Å²) < 4.78 is 11.4. The molecule has 0 aliphatic carbocycles. The molecule has 4 aromatic heterocycles. The minimum Gasteiger partial charge on any atom is -0.454 e. The zero-order chi connectivity index (χ0) is 37.5. The van der Waals surface area contributed by atoms with Gasteiger partial charge in [0.2, 0.25) is 0 Å². The number of aromatic nitrogens is 4. The van der Waals surface area contributed by atoms with E-state index in [-0.39, 0.29) is 0 Å². The van der Waals surface area contributed by atoms with Crippen LogP contribution in [-0.4, -0.2) is 19.5 Å². The Kier molecular flexibility index (Phi) is 7.03. The molecule has 0 atom stereocenters. The van der Waals surface area contributed by atoms with Crippen LogP contribution in [0.25, 0.3) is 115 Å². The molecule has 0 N–H and O–H groups in total. The SMILES string of the molecule is c1ccc(-c2nc(-c3cccc(-c4cccc(-n5c6ccccc6c6ccc7c8ccccc8oc7c65)c4)c3)nc(-c3cccc4c3sc3ccccc34)n2)cc1. The topological polar surface area (TPSA) is 56.7 Å². The van der Waals surface area contributed by atoms with Gasteiger partial charge in [0.1, 0.15) is 5.58 Å². The highest BCUT2D eigenvalue weighted by Crippen LogP contribution is 2.42. The quantitative estimate of drug-likeness (QED) is 0.176. The summed E-state index contributed by atoms with van der Waals surface area (Å²) in [7, 11) is 0. The van der Waals surface area contributed by atoms with Gasteiger partial charge < -0.3 is 8.98 Å². The van der Waals surface area contributed by atoms with Crippen molar-refractivity contribution in [2.24, 2.45) is 0 Å². The Morgan fingerprint density at radius 1 is 0.421 bits per heavy atom. The molecule has 0 saturated carbocycles. The van der Waals surface area contributed by atoms with Crippen LogP contribution < -0.4 is 0 Å². The molecule has 0 amide bonds. The second kappa shape index (κ2) is 12.6. The lowest BCUT2D eigenvalue weighted by molar-refractivity contribution is 0.671. The first-order valence-electron chi connectivity index (χ1n) is 19.0. The maximum absolute atomic E-state index is 6.62. The number of para-hydroxylation sites is 2. The first-order valence-corrected chi connectivity index (χ1v) is 19.8. The Bertz CT molecular complexity index is 3540. The van der Waals surface area contributed by atoms with Gasteiger partial charge in [-0.1, -0.05) is 133 Å². The summed E-state index contributed by atoms with van der Waals surface area (Å²) in [6.45, 7) is 0. The monoisotopic (exact) mass is 746 g/mol. The Balaban J connectivity index is 1.02. The summed E-state index contributed by atoms with van der Waals surface area (Å²) in [6.07, 6.45) is 0. The van der Waals surface area contributed by atoms with Crippen molar-refractivity contribution in [2.75, 3.05) is 0 Å². The fourth-order valence-corrected chi connectivity index (χ4v) is 9.64. The van der Waals surface area contributed by atoms with E-state index in [1.807, 2.05) is 30.3 Å². The molecule has 0 aliphatic rings. The van der Waals surface area contributed by atoms with Gasteiger partial charge in [-0.25, -0.2) is 15.0 Å². The Morgan fingerprint density at radius 2 is 1.05 bits per heavy atom. The maximum Gasteiger partial charge on any atom is 0.165 e. The molecule has 0 saturated heterocycles. The molecule has 6 heteroatoms. The number of nitrogens with zero attached hydrogens (tertiary/aromatic N) is 4. The van der Waals surface area contributed by atoms with Crippen LogP contribution in [0, 0.1) is 0 Å². The second-order valence-electron chi connectivity index (χ2n) is 14.4. The highest BCUT2D eigenvalue weighted by atomic mass is 32.1. The van der Waals surface area contributed by atoms with Crippen molar-refractivity contribution >= 4 is 75.3 Å². The second-order valence-corrected chi connectivity index (χ2v) is 15.4. The van der Waals surface area contributed by atoms with Crippen molar-refractivity contribution in [2.45, 2.75) is 0 Å². The van der Waals surface area contributed by atoms with E-state index in [1.165, 1.54) is 25.6 Å². The molecule has 0 unspecified atom stereocenters. The lowest BCUT2D eigenvalue weighted by atomic mass is 10.0. The average molecular weight is 747 g/mol. The van der Waals surface area contributed by atoms with Crippen LogP contribution in [0.2, 0.25) is 0 Å². The average Bonchev–Trinajstić information content (AvgIpc) is 3.96. The lowest BCUT2D eigenvalue weighted by Gasteiger charge is -2.12. The Morgan fingerprint density at radius 3 is 1.95 bits per heavy atom. The molecular weight excluding hydrogens is 717 g/mol. The Labute approximate surface area is 330 Å². The lowest BCUT2D eigenvalue weighted by Crippen LogP contribution is -2.00. The van der Waals surface area contributed by atoms with Crippen LogP contribution >= 0.6 is 11.3 Å². The van der Waals surface area contributed by atoms with Gasteiger partial charge in [-0.2, -0.15) is 0 Å². The van der Waals surface area contributed by atoms with Crippen LogP contribution in [0.1, 0.15) is 0 Å². The number of benzene rings is 8. The minimum absolute atomic E-state index is 0.629. The van der Waals surface area contributed by atoms with Gasteiger partial charge in [0.05, 0.1) is 11.0 Å². The summed E-state index contributed by atoms with van der Waals surface area (Å²) in [5.74, 6) is 1.93. The predicted molar refractivity (Wildman–Crippen MR) is 236 cm³/mol. The largest absolute Gasteiger partial charge is 0.454 e. The number of thiophene rings is 1. The molecular formula is C51H30N4OS. The summed E-state index contributed by atoms with van der Waals surface area (Å²) in [6, 6.07) is 63.7. The van der Waals surface area contributed by atoms with Crippen LogP contribution in [0.15, 0.2) is 186 Å². The smallest absolute Gasteiger partial charge is 0.165 e. The van der Waals surface area contributed by atoms with Gasteiger partial charge in [0, 0.05) is 64.1 Å². The van der Waals surface area contributed by atoms with E-state index in [4.69, 9.17) is 19.4 Å². The van der Waals surface area contributed by atoms with Crippen molar-refractivity contribution in [3.63, 3.8) is 0 Å². The van der Waals surface area contributed by atoms with Gasteiger partial charge in [-0.15, -0.1) is 11.3 Å². The molecule has 5 nitrogen and oxygen atoms in total. The van der Waals surface area contributed by atoms with E-state index in [1.54, 1.807) is 11.3 Å². The fourth-order valence-electron chi connectivity index (χ4n) is 8.43. The van der Waals surface area contributed by atoms with E-state index in [9.17, 15) is 0 Å². The van der Waals surface area contributed by atoms with Crippen molar-refractivity contribution in [1.82, 2.24) is 19.5 Å². The number of furan rings is 1. The van der Waals surface area contributed by atoms with E-state index >= 15 is 0 Å². The molecule has 8 aromatic carbocycles. The molecule has 0 bridgehead atoms. The maximum atomic E-state index is 6.62. The summed E-state index contributed by atoms with van der Waals surface area (Å²) in [5, 5.41) is 7.04. The van der Waals surface area contributed by atoms with Crippen LogP contribution in [-0.2, 0) is 0 Å². The number of fused-ring (bicyclic) bond motifs is 10. The van der Waals surface area contributed by atoms with Gasteiger partial charge >= 0.3 is 0 Å². The fraction of sp³-hybridized carbons (Fsp3) is 0.